The van der Waals surface area contributed by atoms with Crippen LogP contribution in [0.1, 0.15) is 49.6 Å². The normalized spacial score (nSPS) is 16.6. The number of fused-ring (bicyclic) bond motifs is 1. The molecule has 144 valence electrons. The van der Waals surface area contributed by atoms with Crippen molar-refractivity contribution in [2.24, 2.45) is 18.4 Å². The van der Waals surface area contributed by atoms with Gasteiger partial charge in [-0.05, 0) is 36.2 Å². The number of nitriles is 1. The molecule has 2 aromatic rings. The molecule has 8 heteroatoms. The van der Waals surface area contributed by atoms with Gasteiger partial charge in [0.2, 0.25) is 5.91 Å². The molecule has 1 amide bonds. The van der Waals surface area contributed by atoms with Gasteiger partial charge in [0.15, 0.2) is 5.16 Å². The number of thiophene rings is 1. The van der Waals surface area contributed by atoms with Crippen LogP contribution in [0.2, 0.25) is 0 Å². The number of thioether (sulfide) groups is 1. The lowest BCUT2D eigenvalue weighted by molar-refractivity contribution is -0.113. The molecule has 0 saturated heterocycles. The highest BCUT2D eigenvalue weighted by Gasteiger charge is 2.34. The molecule has 2 heterocycles. The average Bonchev–Trinajstić information content (AvgIpc) is 3.21. The minimum Gasteiger partial charge on any atom is -0.316 e. The Labute approximate surface area is 168 Å². The zero-order valence-corrected chi connectivity index (χ0v) is 17.8. The van der Waals surface area contributed by atoms with Crippen molar-refractivity contribution in [3.63, 3.8) is 0 Å². The number of aromatic nitrogens is 3. The number of anilines is 1. The minimum absolute atomic E-state index is 0.122. The van der Waals surface area contributed by atoms with Crippen LogP contribution in [0.5, 0.6) is 0 Å². The SMILES string of the molecule is CCC(C)(C)[C@H]1CCc2c(sc(NC(=O)CSc3nncn3C)c2C#N)C1. The first-order chi connectivity index (χ1) is 12.9. The number of hydrogen-bond donors (Lipinski definition) is 1. The zero-order chi connectivity index (χ0) is 19.6. The summed E-state index contributed by atoms with van der Waals surface area (Å²) in [5.74, 6) is 0.740. The van der Waals surface area contributed by atoms with Crippen LogP contribution < -0.4 is 5.32 Å². The number of hydrogen-bond acceptors (Lipinski definition) is 6. The highest BCUT2D eigenvalue weighted by atomic mass is 32.2. The fourth-order valence-electron chi connectivity index (χ4n) is 3.44. The van der Waals surface area contributed by atoms with Gasteiger partial charge in [0.05, 0.1) is 11.3 Å². The summed E-state index contributed by atoms with van der Waals surface area (Å²) in [6.07, 6.45) is 5.78. The molecule has 1 aliphatic carbocycles. The molecule has 0 fully saturated rings. The number of amides is 1. The van der Waals surface area contributed by atoms with Gasteiger partial charge in [0.25, 0.3) is 0 Å². The van der Waals surface area contributed by atoms with E-state index in [2.05, 4.69) is 42.4 Å². The molecular formula is C19H25N5OS2. The predicted octanol–water partition coefficient (Wildman–Crippen LogP) is 4.02. The van der Waals surface area contributed by atoms with Crippen LogP contribution in [0.4, 0.5) is 5.00 Å². The van der Waals surface area contributed by atoms with Crippen molar-refractivity contribution in [3.05, 3.63) is 22.3 Å². The highest BCUT2D eigenvalue weighted by molar-refractivity contribution is 7.99. The van der Waals surface area contributed by atoms with Gasteiger partial charge in [0, 0.05) is 11.9 Å². The van der Waals surface area contributed by atoms with Gasteiger partial charge >= 0.3 is 0 Å². The van der Waals surface area contributed by atoms with Gasteiger partial charge in [-0.25, -0.2) is 0 Å². The van der Waals surface area contributed by atoms with E-state index in [-0.39, 0.29) is 11.7 Å². The summed E-state index contributed by atoms with van der Waals surface area (Å²) in [4.78, 5) is 13.6. The number of carbonyl (C=O) groups is 1. The fourth-order valence-corrected chi connectivity index (χ4v) is 5.43. The first kappa shape index (κ1) is 19.9. The second-order valence-corrected chi connectivity index (χ2v) is 9.71. The predicted molar refractivity (Wildman–Crippen MR) is 109 cm³/mol. The summed E-state index contributed by atoms with van der Waals surface area (Å²) in [7, 11) is 1.84. The molecule has 27 heavy (non-hydrogen) atoms. The lowest BCUT2D eigenvalue weighted by Crippen LogP contribution is -2.28. The Morgan fingerprint density at radius 3 is 2.96 bits per heavy atom. The van der Waals surface area contributed by atoms with Crippen LogP contribution >= 0.6 is 23.1 Å². The zero-order valence-electron chi connectivity index (χ0n) is 16.2. The smallest absolute Gasteiger partial charge is 0.235 e. The Balaban J connectivity index is 1.71. The maximum Gasteiger partial charge on any atom is 0.235 e. The van der Waals surface area contributed by atoms with Gasteiger partial charge in [0.1, 0.15) is 17.4 Å². The fraction of sp³-hybridized carbons (Fsp3) is 0.579. The number of rotatable bonds is 6. The molecule has 2 aromatic heterocycles. The van der Waals surface area contributed by atoms with E-state index in [1.54, 1.807) is 22.2 Å². The third-order valence-corrected chi connectivity index (χ3v) is 7.85. The van der Waals surface area contributed by atoms with Crippen LogP contribution in [0.25, 0.3) is 0 Å². The van der Waals surface area contributed by atoms with E-state index >= 15 is 0 Å². The van der Waals surface area contributed by atoms with Crippen molar-refractivity contribution in [2.75, 3.05) is 11.1 Å². The maximum absolute atomic E-state index is 12.4. The number of aryl methyl sites for hydroxylation is 1. The third kappa shape index (κ3) is 4.19. The Morgan fingerprint density at radius 2 is 2.33 bits per heavy atom. The standard InChI is InChI=1S/C19H25N5OS2/c1-5-19(2,3)12-6-7-13-14(9-20)17(27-15(13)8-12)22-16(25)10-26-18-23-21-11-24(18)4/h11-12H,5-8,10H2,1-4H3,(H,22,25)/t12-/m0/s1. The van der Waals surface area contributed by atoms with E-state index in [1.165, 1.54) is 16.6 Å². The van der Waals surface area contributed by atoms with Gasteiger partial charge in [-0.1, -0.05) is 39.0 Å². The Bertz CT molecular complexity index is 877. The molecule has 0 spiro atoms. The Hall–Kier alpha value is -1.85. The van der Waals surface area contributed by atoms with Gasteiger partial charge in [-0.3, -0.25) is 4.79 Å². The lowest BCUT2D eigenvalue weighted by atomic mass is 9.69. The van der Waals surface area contributed by atoms with Crippen LogP contribution in [0.3, 0.4) is 0 Å². The minimum atomic E-state index is -0.122. The lowest BCUT2D eigenvalue weighted by Gasteiger charge is -2.36. The van der Waals surface area contributed by atoms with E-state index in [9.17, 15) is 10.1 Å². The molecule has 0 radical (unpaired) electrons. The summed E-state index contributed by atoms with van der Waals surface area (Å²) in [6, 6.07) is 2.32. The average molecular weight is 404 g/mol. The molecule has 1 N–H and O–H groups in total. The molecule has 0 aromatic carbocycles. The topological polar surface area (TPSA) is 83.6 Å². The van der Waals surface area contributed by atoms with Crippen molar-refractivity contribution in [2.45, 2.75) is 51.6 Å². The maximum atomic E-state index is 12.4. The summed E-state index contributed by atoms with van der Waals surface area (Å²) >= 11 is 2.91. The number of carbonyl (C=O) groups excluding carboxylic acids is 1. The molecule has 0 aliphatic heterocycles. The summed E-state index contributed by atoms with van der Waals surface area (Å²) in [5.41, 5.74) is 2.09. The highest BCUT2D eigenvalue weighted by Crippen LogP contribution is 2.45. The second kappa shape index (κ2) is 8.03. The molecule has 1 atom stereocenters. The molecule has 0 saturated carbocycles. The third-order valence-electron chi connectivity index (χ3n) is 5.65. The first-order valence-corrected chi connectivity index (χ1v) is 11.0. The van der Waals surface area contributed by atoms with Crippen LogP contribution in [-0.2, 0) is 24.7 Å². The largest absolute Gasteiger partial charge is 0.316 e. The van der Waals surface area contributed by atoms with Gasteiger partial charge < -0.3 is 9.88 Å². The first-order valence-electron chi connectivity index (χ1n) is 9.17. The van der Waals surface area contributed by atoms with Crippen molar-refractivity contribution in [3.8, 4) is 6.07 Å². The second-order valence-electron chi connectivity index (χ2n) is 7.66. The van der Waals surface area contributed by atoms with E-state index in [0.717, 1.165) is 31.2 Å². The van der Waals surface area contributed by atoms with Gasteiger partial charge in [-0.2, -0.15) is 5.26 Å². The van der Waals surface area contributed by atoms with Crippen molar-refractivity contribution >= 4 is 34.0 Å². The monoisotopic (exact) mass is 403 g/mol. The molecule has 3 rings (SSSR count). The van der Waals surface area contributed by atoms with Crippen molar-refractivity contribution in [1.29, 1.82) is 5.26 Å². The van der Waals surface area contributed by atoms with Gasteiger partial charge in [-0.15, -0.1) is 21.5 Å². The van der Waals surface area contributed by atoms with E-state index in [0.29, 0.717) is 27.1 Å². The number of nitrogens with zero attached hydrogens (tertiary/aromatic N) is 4. The van der Waals surface area contributed by atoms with Crippen LogP contribution in [-0.4, -0.2) is 26.4 Å². The molecule has 6 nitrogen and oxygen atoms in total. The quantitative estimate of drug-likeness (QED) is 0.737. The van der Waals surface area contributed by atoms with Crippen LogP contribution in [0, 0.1) is 22.7 Å². The summed E-state index contributed by atoms with van der Waals surface area (Å²) in [5, 5.41) is 21.8. The summed E-state index contributed by atoms with van der Waals surface area (Å²) < 4.78 is 1.78. The number of nitrogens with one attached hydrogen (secondary N) is 1. The Morgan fingerprint density at radius 1 is 1.56 bits per heavy atom. The molecular weight excluding hydrogens is 378 g/mol. The van der Waals surface area contributed by atoms with Crippen molar-refractivity contribution in [1.82, 2.24) is 14.8 Å². The van der Waals surface area contributed by atoms with Crippen LogP contribution in [0.15, 0.2) is 11.5 Å². The van der Waals surface area contributed by atoms with E-state index in [1.807, 2.05) is 7.05 Å². The Kier molecular flexibility index (Phi) is 5.92. The summed E-state index contributed by atoms with van der Waals surface area (Å²) in [6.45, 7) is 6.90. The molecule has 1 aliphatic rings. The molecule has 0 bridgehead atoms. The van der Waals surface area contributed by atoms with E-state index in [4.69, 9.17) is 0 Å². The van der Waals surface area contributed by atoms with Crippen molar-refractivity contribution < 1.29 is 4.79 Å². The van der Waals surface area contributed by atoms with E-state index < -0.39 is 0 Å². The molecule has 0 unspecified atom stereocenters.